The number of rotatable bonds is 4. The highest BCUT2D eigenvalue weighted by Gasteiger charge is 2.33. The lowest BCUT2D eigenvalue weighted by Crippen LogP contribution is -2.60. The van der Waals surface area contributed by atoms with E-state index in [0.717, 1.165) is 25.7 Å². The summed E-state index contributed by atoms with van der Waals surface area (Å²) >= 11 is 0. The molecule has 2 aliphatic rings. The molecule has 0 saturated carbocycles. The van der Waals surface area contributed by atoms with E-state index in [1.807, 2.05) is 0 Å². The number of hydrogen-bond donors (Lipinski definition) is 1. The zero-order valence-electron chi connectivity index (χ0n) is 11.7. The molecule has 0 aromatic heterocycles. The van der Waals surface area contributed by atoms with Crippen molar-refractivity contribution in [3.63, 3.8) is 0 Å². The number of nitrogens with one attached hydrogen (secondary N) is 1. The Kier molecular flexibility index (Phi) is 4.99. The van der Waals surface area contributed by atoms with Crippen molar-refractivity contribution in [3.8, 4) is 6.07 Å². The minimum Gasteiger partial charge on any atom is -0.301 e. The van der Waals surface area contributed by atoms with Crippen LogP contribution in [0.3, 0.4) is 0 Å². The average molecular weight is 250 g/mol. The second-order valence-corrected chi connectivity index (χ2v) is 5.69. The Balaban J connectivity index is 1.90. The van der Waals surface area contributed by atoms with Crippen LogP contribution >= 0.6 is 0 Å². The van der Waals surface area contributed by atoms with E-state index in [1.54, 1.807) is 0 Å². The van der Waals surface area contributed by atoms with Crippen molar-refractivity contribution in [1.29, 1.82) is 5.26 Å². The van der Waals surface area contributed by atoms with Crippen molar-refractivity contribution in [1.82, 2.24) is 15.1 Å². The van der Waals surface area contributed by atoms with Crippen LogP contribution in [-0.4, -0.2) is 60.6 Å². The van der Waals surface area contributed by atoms with Gasteiger partial charge in [0.2, 0.25) is 0 Å². The summed E-state index contributed by atoms with van der Waals surface area (Å²) in [4.78, 5) is 5.16. The molecular weight excluding hydrogens is 224 g/mol. The van der Waals surface area contributed by atoms with E-state index in [9.17, 15) is 0 Å². The second kappa shape index (κ2) is 6.51. The van der Waals surface area contributed by atoms with Crippen molar-refractivity contribution < 1.29 is 0 Å². The van der Waals surface area contributed by atoms with Gasteiger partial charge in [-0.2, -0.15) is 5.26 Å². The lowest BCUT2D eigenvalue weighted by molar-refractivity contribution is 0.0134. The number of fused-ring (bicyclic) bond motifs is 1. The molecule has 2 heterocycles. The first-order valence-electron chi connectivity index (χ1n) is 7.35. The Morgan fingerprint density at radius 3 is 2.94 bits per heavy atom. The summed E-state index contributed by atoms with van der Waals surface area (Å²) in [6.07, 6.45) is 4.07. The van der Waals surface area contributed by atoms with Gasteiger partial charge < -0.3 is 5.32 Å². The molecular formula is C14H26N4. The van der Waals surface area contributed by atoms with Gasteiger partial charge in [0.05, 0.1) is 6.07 Å². The van der Waals surface area contributed by atoms with E-state index >= 15 is 0 Å². The SMILES string of the molecule is CCNC(C#N)CN1CC2CCCCN2CC1C. The maximum Gasteiger partial charge on any atom is 0.108 e. The van der Waals surface area contributed by atoms with Crippen molar-refractivity contribution in [2.45, 2.75) is 51.2 Å². The van der Waals surface area contributed by atoms with Gasteiger partial charge in [0.25, 0.3) is 0 Å². The average Bonchev–Trinajstić information content (AvgIpc) is 2.39. The van der Waals surface area contributed by atoms with Crippen molar-refractivity contribution >= 4 is 0 Å². The predicted octanol–water partition coefficient (Wildman–Crippen LogP) is 1.05. The van der Waals surface area contributed by atoms with Crippen LogP contribution in [0.4, 0.5) is 0 Å². The molecule has 0 aromatic carbocycles. The number of piperidine rings is 1. The standard InChI is InChI=1S/C14H26N4/c1-3-16-13(8-15)10-18-11-14-6-4-5-7-17(14)9-12(18)2/h12-14,16H,3-7,9-11H2,1-2H3. The Bertz CT molecular complexity index is 299. The van der Waals surface area contributed by atoms with Crippen LogP contribution in [0, 0.1) is 11.3 Å². The second-order valence-electron chi connectivity index (χ2n) is 5.69. The fourth-order valence-corrected chi connectivity index (χ4v) is 3.30. The van der Waals surface area contributed by atoms with Crippen molar-refractivity contribution in [2.24, 2.45) is 0 Å². The van der Waals surface area contributed by atoms with E-state index in [1.165, 1.54) is 32.4 Å². The summed E-state index contributed by atoms with van der Waals surface area (Å²) in [6.45, 7) is 9.70. The van der Waals surface area contributed by atoms with Crippen molar-refractivity contribution in [2.75, 3.05) is 32.7 Å². The Morgan fingerprint density at radius 2 is 2.22 bits per heavy atom. The molecule has 102 valence electrons. The molecule has 0 amide bonds. The van der Waals surface area contributed by atoms with Gasteiger partial charge in [-0.05, 0) is 32.9 Å². The van der Waals surface area contributed by atoms with Crippen LogP contribution < -0.4 is 5.32 Å². The zero-order valence-corrected chi connectivity index (χ0v) is 11.7. The van der Waals surface area contributed by atoms with Gasteiger partial charge in [-0.15, -0.1) is 0 Å². The lowest BCUT2D eigenvalue weighted by Gasteiger charge is -2.48. The van der Waals surface area contributed by atoms with Gasteiger partial charge in [0.1, 0.15) is 6.04 Å². The highest BCUT2D eigenvalue weighted by atomic mass is 15.3. The van der Waals surface area contributed by atoms with E-state index in [4.69, 9.17) is 5.26 Å². The summed E-state index contributed by atoms with van der Waals surface area (Å²) < 4.78 is 0. The van der Waals surface area contributed by atoms with Crippen LogP contribution in [-0.2, 0) is 0 Å². The largest absolute Gasteiger partial charge is 0.301 e. The fourth-order valence-electron chi connectivity index (χ4n) is 3.30. The van der Waals surface area contributed by atoms with E-state index < -0.39 is 0 Å². The Morgan fingerprint density at radius 1 is 1.39 bits per heavy atom. The maximum absolute atomic E-state index is 9.16. The third kappa shape index (κ3) is 3.23. The van der Waals surface area contributed by atoms with Crippen LogP contribution in [0.2, 0.25) is 0 Å². The minimum absolute atomic E-state index is 0.0207. The first kappa shape index (κ1) is 13.8. The summed E-state index contributed by atoms with van der Waals surface area (Å²) in [6, 6.07) is 3.67. The van der Waals surface area contributed by atoms with E-state index in [0.29, 0.717) is 6.04 Å². The summed E-state index contributed by atoms with van der Waals surface area (Å²) in [5.74, 6) is 0. The Labute approximate surface area is 111 Å². The molecule has 0 radical (unpaired) electrons. The highest BCUT2D eigenvalue weighted by Crippen LogP contribution is 2.23. The number of piperazine rings is 1. The van der Waals surface area contributed by atoms with Crippen LogP contribution in [0.25, 0.3) is 0 Å². The minimum atomic E-state index is -0.0207. The van der Waals surface area contributed by atoms with E-state index in [-0.39, 0.29) is 6.04 Å². The number of likely N-dealkylation sites (N-methyl/N-ethyl adjacent to an activating group) is 1. The van der Waals surface area contributed by atoms with Crippen molar-refractivity contribution in [3.05, 3.63) is 0 Å². The normalized spacial score (nSPS) is 31.6. The van der Waals surface area contributed by atoms with Gasteiger partial charge in [-0.1, -0.05) is 13.3 Å². The van der Waals surface area contributed by atoms with Crippen LogP contribution in [0.5, 0.6) is 0 Å². The molecule has 18 heavy (non-hydrogen) atoms. The molecule has 3 unspecified atom stereocenters. The third-order valence-electron chi connectivity index (χ3n) is 4.34. The van der Waals surface area contributed by atoms with Gasteiger partial charge in [-0.3, -0.25) is 9.80 Å². The Hall–Kier alpha value is -0.630. The number of nitrogens with zero attached hydrogens (tertiary/aromatic N) is 3. The van der Waals surface area contributed by atoms with Gasteiger partial charge >= 0.3 is 0 Å². The first-order chi connectivity index (χ1) is 8.74. The molecule has 0 bridgehead atoms. The number of hydrogen-bond acceptors (Lipinski definition) is 4. The molecule has 1 N–H and O–H groups in total. The molecule has 0 spiro atoms. The van der Waals surface area contributed by atoms with Gasteiger partial charge in [0.15, 0.2) is 0 Å². The zero-order chi connectivity index (χ0) is 13.0. The fraction of sp³-hybridized carbons (Fsp3) is 0.929. The van der Waals surface area contributed by atoms with Crippen LogP contribution in [0.1, 0.15) is 33.1 Å². The molecule has 0 aliphatic carbocycles. The monoisotopic (exact) mass is 250 g/mol. The molecule has 2 rings (SSSR count). The summed E-state index contributed by atoms with van der Waals surface area (Å²) in [5.41, 5.74) is 0. The first-order valence-corrected chi connectivity index (χ1v) is 7.35. The topological polar surface area (TPSA) is 42.3 Å². The molecule has 0 aromatic rings. The number of nitriles is 1. The predicted molar refractivity (Wildman–Crippen MR) is 73.3 cm³/mol. The summed E-state index contributed by atoms with van der Waals surface area (Å²) in [7, 11) is 0. The quantitative estimate of drug-likeness (QED) is 0.810. The van der Waals surface area contributed by atoms with Gasteiger partial charge in [0, 0.05) is 31.7 Å². The van der Waals surface area contributed by atoms with E-state index in [2.05, 4.69) is 35.0 Å². The molecule has 2 aliphatic heterocycles. The summed E-state index contributed by atoms with van der Waals surface area (Å²) in [5, 5.41) is 12.4. The highest BCUT2D eigenvalue weighted by molar-refractivity contribution is 4.96. The molecule has 3 atom stereocenters. The molecule has 4 nitrogen and oxygen atoms in total. The van der Waals surface area contributed by atoms with Crippen LogP contribution in [0.15, 0.2) is 0 Å². The lowest BCUT2D eigenvalue weighted by atomic mass is 9.97. The molecule has 2 saturated heterocycles. The smallest absolute Gasteiger partial charge is 0.108 e. The maximum atomic E-state index is 9.16. The molecule has 2 fully saturated rings. The third-order valence-corrected chi connectivity index (χ3v) is 4.34. The molecule has 4 heteroatoms. The van der Waals surface area contributed by atoms with Gasteiger partial charge in [-0.25, -0.2) is 0 Å².